The molecular weight excluding hydrogens is 288 g/mol. The highest BCUT2D eigenvalue weighted by Crippen LogP contribution is 2.26. The number of aryl methyl sites for hydroxylation is 1. The number of carbonyl (C=O) groups excluding carboxylic acids is 1. The quantitative estimate of drug-likeness (QED) is 0.834. The van der Waals surface area contributed by atoms with Gasteiger partial charge in [-0.3, -0.25) is 4.79 Å². The van der Waals surface area contributed by atoms with E-state index in [0.717, 1.165) is 5.56 Å². The molecule has 0 unspecified atom stereocenters. The Hall–Kier alpha value is -1.40. The second-order valence-corrected chi connectivity index (χ2v) is 5.77. The van der Waals surface area contributed by atoms with Gasteiger partial charge in [0.15, 0.2) is 0 Å². The van der Waals surface area contributed by atoms with Crippen LogP contribution in [0.15, 0.2) is 40.6 Å². The fourth-order valence-corrected chi connectivity index (χ4v) is 2.83. The Morgan fingerprint density at radius 1 is 1.26 bits per heavy atom. The van der Waals surface area contributed by atoms with E-state index < -0.39 is 5.76 Å². The number of carbonyl (C=O) groups is 1. The Bertz CT molecular complexity index is 566. The standard InChI is InChI=1S/C13H11F2NOS2/c1-8-6-7-18-11(8)12(17)16-9-2-4-10(5-3-9)19-13(14)15/h2-7,13H,1H3,(H,16,17). The molecule has 1 aromatic carbocycles. The minimum absolute atomic E-state index is 0.179. The molecule has 0 atom stereocenters. The number of anilines is 1. The summed E-state index contributed by atoms with van der Waals surface area (Å²) >= 11 is 1.86. The van der Waals surface area contributed by atoms with Crippen LogP contribution in [0.2, 0.25) is 0 Å². The summed E-state index contributed by atoms with van der Waals surface area (Å²) < 4.78 is 24.3. The first kappa shape index (κ1) is 14.0. The molecule has 2 nitrogen and oxygen atoms in total. The lowest BCUT2D eigenvalue weighted by molar-refractivity contribution is 0.103. The number of alkyl halides is 2. The third-order valence-electron chi connectivity index (χ3n) is 2.41. The summed E-state index contributed by atoms with van der Waals surface area (Å²) in [6.07, 6.45) is 0. The molecule has 0 aliphatic carbocycles. The molecule has 1 aromatic heterocycles. The van der Waals surface area contributed by atoms with Gasteiger partial charge < -0.3 is 5.32 Å². The number of thioether (sulfide) groups is 1. The van der Waals surface area contributed by atoms with Crippen molar-refractivity contribution in [2.24, 2.45) is 0 Å². The molecule has 1 N–H and O–H groups in total. The third kappa shape index (κ3) is 3.78. The van der Waals surface area contributed by atoms with E-state index in [2.05, 4.69) is 5.32 Å². The van der Waals surface area contributed by atoms with Gasteiger partial charge >= 0.3 is 0 Å². The molecule has 0 aliphatic rings. The maximum atomic E-state index is 12.2. The molecule has 2 rings (SSSR count). The summed E-state index contributed by atoms with van der Waals surface area (Å²) in [6.45, 7) is 1.87. The molecular formula is C13H11F2NOS2. The number of thiophene rings is 1. The van der Waals surface area contributed by atoms with E-state index in [1.54, 1.807) is 24.3 Å². The fraction of sp³-hybridized carbons (Fsp3) is 0.154. The topological polar surface area (TPSA) is 29.1 Å². The molecule has 6 heteroatoms. The Labute approximate surface area is 117 Å². The van der Waals surface area contributed by atoms with Crippen molar-refractivity contribution in [2.75, 3.05) is 5.32 Å². The minimum atomic E-state index is -2.44. The molecule has 2 aromatic rings. The minimum Gasteiger partial charge on any atom is -0.321 e. The average Bonchev–Trinajstić information content (AvgIpc) is 2.77. The number of halogens is 2. The van der Waals surface area contributed by atoms with Gasteiger partial charge in [0.2, 0.25) is 0 Å². The van der Waals surface area contributed by atoms with Crippen LogP contribution < -0.4 is 5.32 Å². The molecule has 19 heavy (non-hydrogen) atoms. The van der Waals surface area contributed by atoms with Crippen LogP contribution in [0.4, 0.5) is 14.5 Å². The Morgan fingerprint density at radius 2 is 1.95 bits per heavy atom. The normalized spacial score (nSPS) is 10.7. The van der Waals surface area contributed by atoms with E-state index in [4.69, 9.17) is 0 Å². The maximum Gasteiger partial charge on any atom is 0.288 e. The van der Waals surface area contributed by atoms with E-state index >= 15 is 0 Å². The molecule has 0 radical (unpaired) electrons. The van der Waals surface area contributed by atoms with Gasteiger partial charge in [0.05, 0.1) is 4.88 Å². The summed E-state index contributed by atoms with van der Waals surface area (Å²) in [6, 6.07) is 8.24. The van der Waals surface area contributed by atoms with Gasteiger partial charge in [-0.1, -0.05) is 11.8 Å². The van der Waals surface area contributed by atoms with Crippen molar-refractivity contribution >= 4 is 34.7 Å². The first-order valence-electron chi connectivity index (χ1n) is 5.46. The summed E-state index contributed by atoms with van der Waals surface area (Å²) in [5.41, 5.74) is 1.52. The van der Waals surface area contributed by atoms with Gasteiger partial charge in [0, 0.05) is 10.6 Å². The van der Waals surface area contributed by atoms with Crippen LogP contribution in [0.1, 0.15) is 15.2 Å². The lowest BCUT2D eigenvalue weighted by Gasteiger charge is -2.06. The highest BCUT2D eigenvalue weighted by molar-refractivity contribution is 7.99. The molecule has 0 fully saturated rings. The van der Waals surface area contributed by atoms with E-state index in [-0.39, 0.29) is 5.91 Å². The van der Waals surface area contributed by atoms with Crippen LogP contribution in [-0.4, -0.2) is 11.7 Å². The van der Waals surface area contributed by atoms with Gasteiger partial charge in [-0.05, 0) is 48.2 Å². The smallest absolute Gasteiger partial charge is 0.288 e. The first-order chi connectivity index (χ1) is 9.06. The maximum absolute atomic E-state index is 12.2. The van der Waals surface area contributed by atoms with Gasteiger partial charge in [0.1, 0.15) is 0 Å². The molecule has 1 amide bonds. The average molecular weight is 299 g/mol. The van der Waals surface area contributed by atoms with E-state index in [0.29, 0.717) is 27.2 Å². The zero-order valence-corrected chi connectivity index (χ0v) is 11.7. The molecule has 100 valence electrons. The second kappa shape index (κ2) is 6.16. The molecule has 1 heterocycles. The Kier molecular flexibility index (Phi) is 4.55. The summed E-state index contributed by atoms with van der Waals surface area (Å²) in [5.74, 6) is -2.61. The number of benzene rings is 1. The van der Waals surface area contributed by atoms with Gasteiger partial charge in [0.25, 0.3) is 11.7 Å². The summed E-state index contributed by atoms with van der Waals surface area (Å²) in [7, 11) is 0. The van der Waals surface area contributed by atoms with Gasteiger partial charge in [-0.15, -0.1) is 11.3 Å². The van der Waals surface area contributed by atoms with Crippen LogP contribution >= 0.6 is 23.1 Å². The molecule has 0 bridgehead atoms. The highest BCUT2D eigenvalue weighted by atomic mass is 32.2. The molecule has 0 saturated carbocycles. The third-order valence-corrected chi connectivity index (χ3v) is 4.14. The monoisotopic (exact) mass is 299 g/mol. The van der Waals surface area contributed by atoms with Crippen LogP contribution in [-0.2, 0) is 0 Å². The number of rotatable bonds is 4. The molecule has 0 aliphatic heterocycles. The number of amides is 1. The number of nitrogens with one attached hydrogen (secondary N) is 1. The predicted octanol–water partition coefficient (Wildman–Crippen LogP) is 4.62. The molecule has 0 spiro atoms. The van der Waals surface area contributed by atoms with Gasteiger partial charge in [-0.2, -0.15) is 8.78 Å². The first-order valence-corrected chi connectivity index (χ1v) is 7.22. The van der Waals surface area contributed by atoms with E-state index in [1.165, 1.54) is 11.3 Å². The SMILES string of the molecule is Cc1ccsc1C(=O)Nc1ccc(SC(F)F)cc1. The van der Waals surface area contributed by atoms with E-state index in [9.17, 15) is 13.6 Å². The molecule has 0 saturated heterocycles. The number of hydrogen-bond acceptors (Lipinski definition) is 3. The fourth-order valence-electron chi connectivity index (χ4n) is 1.51. The summed E-state index contributed by atoms with van der Waals surface area (Å²) in [5, 5.41) is 4.59. The van der Waals surface area contributed by atoms with E-state index in [1.807, 2.05) is 18.4 Å². The van der Waals surface area contributed by atoms with Crippen molar-refractivity contribution in [3.05, 3.63) is 46.2 Å². The number of hydrogen-bond donors (Lipinski definition) is 1. The lowest BCUT2D eigenvalue weighted by atomic mass is 10.2. The zero-order chi connectivity index (χ0) is 13.8. The van der Waals surface area contributed by atoms with Crippen molar-refractivity contribution in [2.45, 2.75) is 17.6 Å². The Balaban J connectivity index is 2.04. The highest BCUT2D eigenvalue weighted by Gasteiger charge is 2.11. The van der Waals surface area contributed by atoms with Crippen LogP contribution in [0.3, 0.4) is 0 Å². The Morgan fingerprint density at radius 3 is 2.47 bits per heavy atom. The van der Waals surface area contributed by atoms with Crippen molar-refractivity contribution in [3.8, 4) is 0 Å². The lowest BCUT2D eigenvalue weighted by Crippen LogP contribution is -2.11. The van der Waals surface area contributed by atoms with Crippen molar-refractivity contribution < 1.29 is 13.6 Å². The van der Waals surface area contributed by atoms with Crippen molar-refractivity contribution in [1.82, 2.24) is 0 Å². The summed E-state index contributed by atoms with van der Waals surface area (Å²) in [4.78, 5) is 13.1. The van der Waals surface area contributed by atoms with Crippen molar-refractivity contribution in [1.29, 1.82) is 0 Å². The zero-order valence-electron chi connectivity index (χ0n) is 10.0. The van der Waals surface area contributed by atoms with Crippen LogP contribution in [0.5, 0.6) is 0 Å². The van der Waals surface area contributed by atoms with Crippen LogP contribution in [0.25, 0.3) is 0 Å². The van der Waals surface area contributed by atoms with Crippen LogP contribution in [0, 0.1) is 6.92 Å². The second-order valence-electron chi connectivity index (χ2n) is 3.79. The largest absolute Gasteiger partial charge is 0.321 e. The van der Waals surface area contributed by atoms with Crippen molar-refractivity contribution in [3.63, 3.8) is 0 Å². The predicted molar refractivity (Wildman–Crippen MR) is 75.3 cm³/mol. The van der Waals surface area contributed by atoms with Gasteiger partial charge in [-0.25, -0.2) is 0 Å².